The maximum Gasteiger partial charge on any atom is 0.235 e. The number of ketones is 1. The van der Waals surface area contributed by atoms with Crippen molar-refractivity contribution < 1.29 is 13.2 Å². The van der Waals surface area contributed by atoms with Gasteiger partial charge in [0, 0.05) is 10.9 Å². The first kappa shape index (κ1) is 13.3. The summed E-state index contributed by atoms with van der Waals surface area (Å²) in [6.07, 6.45) is 0.111. The van der Waals surface area contributed by atoms with E-state index in [-0.39, 0.29) is 6.42 Å². The van der Waals surface area contributed by atoms with Crippen molar-refractivity contribution in [2.45, 2.75) is 11.7 Å². The molecule has 0 spiro atoms. The molecule has 0 saturated heterocycles. The van der Waals surface area contributed by atoms with Gasteiger partial charge in [0.25, 0.3) is 0 Å². The van der Waals surface area contributed by atoms with Crippen LogP contribution in [0.15, 0.2) is 30.3 Å². The van der Waals surface area contributed by atoms with Crippen LogP contribution in [0.4, 0.5) is 0 Å². The minimum absolute atomic E-state index is 0.111. The smallest absolute Gasteiger partial charge is 0.235 e. The molecule has 1 unspecified atom stereocenters. The van der Waals surface area contributed by atoms with Gasteiger partial charge in [-0.25, -0.2) is 8.42 Å². The molecule has 1 aromatic rings. The lowest BCUT2D eigenvalue weighted by atomic mass is 10.1. The number of hydrogen-bond donors (Lipinski definition) is 0. The summed E-state index contributed by atoms with van der Waals surface area (Å²) in [6, 6.07) is 8.17. The van der Waals surface area contributed by atoms with Crippen molar-refractivity contribution in [3.05, 3.63) is 35.9 Å². The standard InChI is InChI=1S/C10H11BrNO3S/c11-7-6-9(16(12,14)15)10(13)8-4-2-1-3-5-8/h1-5,9,12H,6-7H2. The molecule has 87 valence electrons. The quantitative estimate of drug-likeness (QED) is 0.613. The van der Waals surface area contributed by atoms with Crippen LogP contribution in [0.3, 0.4) is 0 Å². The second kappa shape index (κ2) is 5.56. The Balaban J connectivity index is 3.02. The van der Waals surface area contributed by atoms with Crippen LogP contribution < -0.4 is 5.14 Å². The number of Topliss-reactive ketones (excluding diaryl/α,β-unsaturated/α-hetero) is 1. The lowest BCUT2D eigenvalue weighted by Crippen LogP contribution is -2.31. The van der Waals surface area contributed by atoms with Gasteiger partial charge in [0.1, 0.15) is 5.25 Å². The molecule has 0 aromatic heterocycles. The Morgan fingerprint density at radius 3 is 2.31 bits per heavy atom. The summed E-state index contributed by atoms with van der Waals surface area (Å²) in [7, 11) is -4.10. The fraction of sp³-hybridized carbons (Fsp3) is 0.300. The Labute approximate surface area is 103 Å². The summed E-state index contributed by atoms with van der Waals surface area (Å²) in [6.45, 7) is 0. The summed E-state index contributed by atoms with van der Waals surface area (Å²) in [5.41, 5.74) is 0.323. The minimum atomic E-state index is -4.10. The topological polar surface area (TPSA) is 75.0 Å². The first-order valence-corrected chi connectivity index (χ1v) is 7.27. The van der Waals surface area contributed by atoms with E-state index in [9.17, 15) is 13.2 Å². The molecule has 0 aliphatic rings. The molecule has 0 amide bonds. The van der Waals surface area contributed by atoms with Crippen molar-refractivity contribution in [1.29, 1.82) is 0 Å². The molecule has 1 aromatic carbocycles. The number of carbonyl (C=O) groups excluding carboxylic acids is 1. The van der Waals surface area contributed by atoms with E-state index in [1.165, 1.54) is 0 Å². The highest BCUT2D eigenvalue weighted by molar-refractivity contribution is 9.09. The first-order valence-electron chi connectivity index (χ1n) is 4.60. The van der Waals surface area contributed by atoms with Gasteiger partial charge in [-0.3, -0.25) is 4.79 Å². The Morgan fingerprint density at radius 1 is 1.31 bits per heavy atom. The van der Waals surface area contributed by atoms with Gasteiger partial charge in [0.2, 0.25) is 10.0 Å². The number of alkyl halides is 1. The molecule has 1 N–H and O–H groups in total. The van der Waals surface area contributed by atoms with Gasteiger partial charge in [-0.05, 0) is 6.42 Å². The SMILES string of the molecule is [NH]S(=O)(=O)C(CCBr)C(=O)c1ccccc1. The molecule has 1 radical (unpaired) electrons. The van der Waals surface area contributed by atoms with Crippen molar-refractivity contribution in [3.63, 3.8) is 0 Å². The maximum absolute atomic E-state index is 11.9. The highest BCUT2D eigenvalue weighted by atomic mass is 79.9. The molecule has 6 heteroatoms. The third-order valence-corrected chi connectivity index (χ3v) is 3.75. The van der Waals surface area contributed by atoms with Crippen LogP contribution in [0, 0.1) is 0 Å². The van der Waals surface area contributed by atoms with Crippen molar-refractivity contribution in [2.75, 3.05) is 5.33 Å². The van der Waals surface area contributed by atoms with E-state index in [2.05, 4.69) is 15.9 Å². The van der Waals surface area contributed by atoms with Crippen LogP contribution in [-0.4, -0.2) is 24.8 Å². The lowest BCUT2D eigenvalue weighted by Gasteiger charge is -2.11. The molecule has 0 bridgehead atoms. The molecule has 1 rings (SSSR count). The van der Waals surface area contributed by atoms with Crippen molar-refractivity contribution in [3.8, 4) is 0 Å². The van der Waals surface area contributed by atoms with Gasteiger partial charge in [0.15, 0.2) is 5.78 Å². The molecular weight excluding hydrogens is 294 g/mol. The number of carbonyl (C=O) groups is 1. The largest absolute Gasteiger partial charge is 0.293 e. The predicted molar refractivity (Wildman–Crippen MR) is 65.0 cm³/mol. The second-order valence-corrected chi connectivity index (χ2v) is 5.69. The minimum Gasteiger partial charge on any atom is -0.293 e. The van der Waals surface area contributed by atoms with Crippen LogP contribution >= 0.6 is 15.9 Å². The Kier molecular flexibility index (Phi) is 4.64. The van der Waals surface area contributed by atoms with Gasteiger partial charge in [-0.2, -0.15) is 0 Å². The molecular formula is C10H11BrNO3S. The lowest BCUT2D eigenvalue weighted by molar-refractivity contribution is 0.0985. The van der Waals surface area contributed by atoms with Gasteiger partial charge >= 0.3 is 0 Å². The number of benzene rings is 1. The molecule has 0 fully saturated rings. The molecule has 0 aliphatic carbocycles. The third-order valence-electron chi connectivity index (χ3n) is 2.10. The van der Waals surface area contributed by atoms with E-state index in [1.54, 1.807) is 30.3 Å². The average Bonchev–Trinajstić information content (AvgIpc) is 2.25. The number of nitrogens with one attached hydrogen (secondary N) is 1. The van der Waals surface area contributed by atoms with E-state index < -0.39 is 21.1 Å². The highest BCUT2D eigenvalue weighted by Gasteiger charge is 2.30. The molecule has 16 heavy (non-hydrogen) atoms. The average molecular weight is 305 g/mol. The van der Waals surface area contributed by atoms with Crippen LogP contribution in [0.2, 0.25) is 0 Å². The van der Waals surface area contributed by atoms with Gasteiger partial charge in [-0.1, -0.05) is 46.3 Å². The first-order chi connectivity index (χ1) is 7.46. The predicted octanol–water partition coefficient (Wildman–Crippen LogP) is 1.64. The molecule has 1 atom stereocenters. The molecule has 0 aliphatic heterocycles. The van der Waals surface area contributed by atoms with E-state index in [0.717, 1.165) is 0 Å². The normalized spacial score (nSPS) is 13.4. The maximum atomic E-state index is 11.9. The number of hydrogen-bond acceptors (Lipinski definition) is 3. The van der Waals surface area contributed by atoms with Crippen LogP contribution in [0.25, 0.3) is 0 Å². The zero-order valence-electron chi connectivity index (χ0n) is 8.39. The molecule has 0 saturated carbocycles. The fourth-order valence-corrected chi connectivity index (χ4v) is 2.92. The summed E-state index contributed by atoms with van der Waals surface area (Å²) in [5.74, 6) is -0.518. The van der Waals surface area contributed by atoms with Crippen molar-refractivity contribution >= 4 is 31.7 Å². The van der Waals surface area contributed by atoms with E-state index in [0.29, 0.717) is 10.9 Å². The fourth-order valence-electron chi connectivity index (χ4n) is 1.31. The van der Waals surface area contributed by atoms with Crippen LogP contribution in [-0.2, 0) is 10.0 Å². The number of sulfonamides is 1. The molecule has 4 nitrogen and oxygen atoms in total. The second-order valence-electron chi connectivity index (χ2n) is 3.24. The Bertz CT molecular complexity index is 458. The van der Waals surface area contributed by atoms with E-state index >= 15 is 0 Å². The Morgan fingerprint density at radius 2 is 1.88 bits per heavy atom. The van der Waals surface area contributed by atoms with Gasteiger partial charge in [-0.15, -0.1) is 5.14 Å². The van der Waals surface area contributed by atoms with Crippen LogP contribution in [0.1, 0.15) is 16.8 Å². The zero-order valence-corrected chi connectivity index (χ0v) is 10.8. The highest BCUT2D eigenvalue weighted by Crippen LogP contribution is 2.13. The summed E-state index contributed by atoms with van der Waals surface area (Å²) in [5, 5.41) is 6.09. The van der Waals surface area contributed by atoms with Gasteiger partial charge in [0.05, 0.1) is 0 Å². The van der Waals surface area contributed by atoms with Gasteiger partial charge < -0.3 is 0 Å². The summed E-state index contributed by atoms with van der Waals surface area (Å²) >= 11 is 3.08. The monoisotopic (exact) mass is 304 g/mol. The number of halogens is 1. The summed E-state index contributed by atoms with van der Waals surface area (Å²) < 4.78 is 22.3. The zero-order chi connectivity index (χ0) is 12.2. The summed E-state index contributed by atoms with van der Waals surface area (Å²) in [4.78, 5) is 11.9. The number of rotatable bonds is 5. The van der Waals surface area contributed by atoms with Crippen molar-refractivity contribution in [1.82, 2.24) is 5.14 Å². The third kappa shape index (κ3) is 3.40. The van der Waals surface area contributed by atoms with Crippen molar-refractivity contribution in [2.24, 2.45) is 0 Å². The Hall–Kier alpha value is -0.720. The van der Waals surface area contributed by atoms with E-state index in [1.807, 2.05) is 0 Å². The molecule has 0 heterocycles. The van der Waals surface area contributed by atoms with Crippen LogP contribution in [0.5, 0.6) is 0 Å². The van der Waals surface area contributed by atoms with E-state index in [4.69, 9.17) is 5.14 Å².